The molecule has 0 aliphatic heterocycles. The first-order chi connectivity index (χ1) is 9.54. The first-order valence-corrected chi connectivity index (χ1v) is 6.67. The number of para-hydroxylation sites is 1. The summed E-state index contributed by atoms with van der Waals surface area (Å²) in [6.45, 7) is 2.51. The minimum Gasteiger partial charge on any atom is -0.496 e. The molecule has 0 aliphatic carbocycles. The van der Waals surface area contributed by atoms with Gasteiger partial charge < -0.3 is 15.2 Å². The Bertz CT molecular complexity index is 459. The normalized spacial score (nSPS) is 11.7. The van der Waals surface area contributed by atoms with Crippen molar-refractivity contribution in [3.8, 4) is 5.75 Å². The van der Waals surface area contributed by atoms with E-state index in [4.69, 9.17) is 9.84 Å². The van der Waals surface area contributed by atoms with E-state index in [1.807, 2.05) is 13.0 Å². The van der Waals surface area contributed by atoms with Crippen molar-refractivity contribution in [2.75, 3.05) is 13.7 Å². The molecule has 1 aromatic carbocycles. The molecule has 110 valence electrons. The first-order valence-electron chi connectivity index (χ1n) is 6.67. The Morgan fingerprint density at radius 2 is 2.00 bits per heavy atom. The van der Waals surface area contributed by atoms with Gasteiger partial charge in [-0.3, -0.25) is 9.59 Å². The Kier molecular flexibility index (Phi) is 6.56. The summed E-state index contributed by atoms with van der Waals surface area (Å²) < 4.78 is 5.13. The van der Waals surface area contributed by atoms with Gasteiger partial charge in [0.2, 0.25) is 0 Å². The Morgan fingerprint density at radius 3 is 2.65 bits per heavy atom. The number of carboxylic acids is 1. The molecule has 5 nitrogen and oxygen atoms in total. The summed E-state index contributed by atoms with van der Waals surface area (Å²) in [5.41, 5.74) is 0.508. The van der Waals surface area contributed by atoms with Gasteiger partial charge in [0.1, 0.15) is 5.75 Å². The molecule has 0 aromatic heterocycles. The van der Waals surface area contributed by atoms with Gasteiger partial charge in [-0.15, -0.1) is 0 Å². The van der Waals surface area contributed by atoms with Crippen LogP contribution in [0.1, 0.15) is 36.5 Å². The SMILES string of the molecule is COc1ccccc1C(=O)NCCC(C)CCC(=O)O. The van der Waals surface area contributed by atoms with Crippen LogP contribution in [0.15, 0.2) is 24.3 Å². The molecular formula is C15H21NO4. The molecule has 0 saturated heterocycles. The number of rotatable bonds is 8. The monoisotopic (exact) mass is 279 g/mol. The second-order valence-electron chi connectivity index (χ2n) is 4.78. The van der Waals surface area contributed by atoms with Crippen LogP contribution in [0.5, 0.6) is 5.75 Å². The summed E-state index contributed by atoms with van der Waals surface area (Å²) in [7, 11) is 1.53. The van der Waals surface area contributed by atoms with Gasteiger partial charge in [0.05, 0.1) is 12.7 Å². The van der Waals surface area contributed by atoms with E-state index >= 15 is 0 Å². The molecular weight excluding hydrogens is 258 g/mol. The minimum absolute atomic E-state index is 0.168. The summed E-state index contributed by atoms with van der Waals surface area (Å²) in [6, 6.07) is 7.04. The van der Waals surface area contributed by atoms with E-state index in [1.165, 1.54) is 7.11 Å². The molecule has 5 heteroatoms. The van der Waals surface area contributed by atoms with Gasteiger partial charge in [-0.2, -0.15) is 0 Å². The molecule has 0 bridgehead atoms. The Hall–Kier alpha value is -2.04. The van der Waals surface area contributed by atoms with E-state index in [2.05, 4.69) is 5.32 Å². The van der Waals surface area contributed by atoms with E-state index in [0.29, 0.717) is 24.3 Å². The molecule has 20 heavy (non-hydrogen) atoms. The highest BCUT2D eigenvalue weighted by molar-refractivity contribution is 5.96. The van der Waals surface area contributed by atoms with Crippen LogP contribution in [0.3, 0.4) is 0 Å². The molecule has 1 amide bonds. The van der Waals surface area contributed by atoms with Crippen LogP contribution in [0, 0.1) is 5.92 Å². The number of carbonyl (C=O) groups excluding carboxylic acids is 1. The lowest BCUT2D eigenvalue weighted by atomic mass is 10.0. The lowest BCUT2D eigenvalue weighted by molar-refractivity contribution is -0.137. The fraction of sp³-hybridized carbons (Fsp3) is 0.467. The average molecular weight is 279 g/mol. The molecule has 1 aromatic rings. The zero-order valence-electron chi connectivity index (χ0n) is 11.9. The van der Waals surface area contributed by atoms with Crippen LogP contribution < -0.4 is 10.1 Å². The van der Waals surface area contributed by atoms with E-state index in [-0.39, 0.29) is 18.2 Å². The van der Waals surface area contributed by atoms with Gasteiger partial charge in [-0.1, -0.05) is 19.1 Å². The number of ether oxygens (including phenoxy) is 1. The van der Waals surface area contributed by atoms with Gasteiger partial charge in [0.25, 0.3) is 5.91 Å². The maximum Gasteiger partial charge on any atom is 0.303 e. The summed E-state index contributed by atoms with van der Waals surface area (Å²) >= 11 is 0. The minimum atomic E-state index is -0.782. The molecule has 0 spiro atoms. The zero-order valence-corrected chi connectivity index (χ0v) is 11.9. The predicted octanol–water partition coefficient (Wildman–Crippen LogP) is 2.32. The number of benzene rings is 1. The standard InChI is InChI=1S/C15H21NO4/c1-11(7-8-14(17)18)9-10-16-15(19)12-5-3-4-6-13(12)20-2/h3-6,11H,7-10H2,1-2H3,(H,16,19)(H,17,18). The molecule has 0 saturated carbocycles. The number of hydrogen-bond acceptors (Lipinski definition) is 3. The van der Waals surface area contributed by atoms with Crippen molar-refractivity contribution in [1.82, 2.24) is 5.32 Å². The van der Waals surface area contributed by atoms with Crippen LogP contribution in [0.25, 0.3) is 0 Å². The van der Waals surface area contributed by atoms with Crippen molar-refractivity contribution < 1.29 is 19.4 Å². The highest BCUT2D eigenvalue weighted by Crippen LogP contribution is 2.17. The van der Waals surface area contributed by atoms with E-state index in [9.17, 15) is 9.59 Å². The summed E-state index contributed by atoms with van der Waals surface area (Å²) in [4.78, 5) is 22.4. The van der Waals surface area contributed by atoms with Crippen molar-refractivity contribution in [2.45, 2.75) is 26.2 Å². The number of methoxy groups -OCH3 is 1. The van der Waals surface area contributed by atoms with Gasteiger partial charge >= 0.3 is 5.97 Å². The lowest BCUT2D eigenvalue weighted by Crippen LogP contribution is -2.26. The number of hydrogen-bond donors (Lipinski definition) is 2. The topological polar surface area (TPSA) is 75.6 Å². The smallest absolute Gasteiger partial charge is 0.303 e. The lowest BCUT2D eigenvalue weighted by Gasteiger charge is -2.12. The first kappa shape index (κ1) is 16.0. The number of carbonyl (C=O) groups is 2. The Labute approximate surface area is 118 Å². The van der Waals surface area contributed by atoms with Crippen molar-refractivity contribution in [1.29, 1.82) is 0 Å². The number of aliphatic carboxylic acids is 1. The van der Waals surface area contributed by atoms with Crippen LogP contribution >= 0.6 is 0 Å². The third kappa shape index (κ3) is 5.30. The van der Waals surface area contributed by atoms with Crippen LogP contribution in [-0.4, -0.2) is 30.6 Å². The number of carboxylic acid groups (broad SMARTS) is 1. The Morgan fingerprint density at radius 1 is 1.30 bits per heavy atom. The third-order valence-electron chi connectivity index (χ3n) is 3.13. The summed E-state index contributed by atoms with van der Waals surface area (Å²) in [5, 5.41) is 11.4. The van der Waals surface area contributed by atoms with Crippen molar-refractivity contribution in [2.24, 2.45) is 5.92 Å². The fourth-order valence-electron chi connectivity index (χ4n) is 1.87. The van der Waals surface area contributed by atoms with Crippen molar-refractivity contribution in [3.63, 3.8) is 0 Å². The van der Waals surface area contributed by atoms with Crippen LogP contribution in [0.4, 0.5) is 0 Å². The highest BCUT2D eigenvalue weighted by atomic mass is 16.5. The molecule has 0 aliphatic rings. The van der Waals surface area contributed by atoms with Crippen LogP contribution in [-0.2, 0) is 4.79 Å². The van der Waals surface area contributed by atoms with Crippen molar-refractivity contribution >= 4 is 11.9 Å². The second-order valence-corrected chi connectivity index (χ2v) is 4.78. The largest absolute Gasteiger partial charge is 0.496 e. The highest BCUT2D eigenvalue weighted by Gasteiger charge is 2.11. The number of amides is 1. The molecule has 2 N–H and O–H groups in total. The molecule has 1 rings (SSSR count). The fourth-order valence-corrected chi connectivity index (χ4v) is 1.87. The summed E-state index contributed by atoms with van der Waals surface area (Å²) in [6.07, 6.45) is 1.55. The molecule has 0 heterocycles. The van der Waals surface area contributed by atoms with E-state index in [0.717, 1.165) is 6.42 Å². The van der Waals surface area contributed by atoms with Crippen molar-refractivity contribution in [3.05, 3.63) is 29.8 Å². The molecule has 1 atom stereocenters. The maximum atomic E-state index is 12.0. The van der Waals surface area contributed by atoms with E-state index in [1.54, 1.807) is 18.2 Å². The Balaban J connectivity index is 2.38. The maximum absolute atomic E-state index is 12.0. The number of nitrogens with one attached hydrogen (secondary N) is 1. The zero-order chi connectivity index (χ0) is 15.0. The van der Waals surface area contributed by atoms with Gasteiger partial charge in [0, 0.05) is 13.0 Å². The van der Waals surface area contributed by atoms with Gasteiger partial charge in [0.15, 0.2) is 0 Å². The average Bonchev–Trinajstić information content (AvgIpc) is 2.44. The van der Waals surface area contributed by atoms with Crippen LogP contribution in [0.2, 0.25) is 0 Å². The van der Waals surface area contributed by atoms with Gasteiger partial charge in [-0.05, 0) is 30.9 Å². The quantitative estimate of drug-likeness (QED) is 0.765. The third-order valence-corrected chi connectivity index (χ3v) is 3.13. The van der Waals surface area contributed by atoms with Gasteiger partial charge in [-0.25, -0.2) is 0 Å². The second kappa shape index (κ2) is 8.19. The molecule has 0 fully saturated rings. The van der Waals surface area contributed by atoms with E-state index < -0.39 is 5.97 Å². The molecule has 1 unspecified atom stereocenters. The predicted molar refractivity (Wildman–Crippen MR) is 76.0 cm³/mol. The molecule has 0 radical (unpaired) electrons. The summed E-state index contributed by atoms with van der Waals surface area (Å²) in [5.74, 6) is -0.143.